The molecule has 1 N–H and O–H groups in total. The minimum Gasteiger partial charge on any atom is -0.392 e. The molecule has 5 nitrogen and oxygen atoms in total. The first-order valence-corrected chi connectivity index (χ1v) is 8.27. The quantitative estimate of drug-likeness (QED) is 0.917. The average molecular weight is 315 g/mol. The Morgan fingerprint density at radius 3 is 2.78 bits per heavy atom. The van der Waals surface area contributed by atoms with Gasteiger partial charge in [0, 0.05) is 43.9 Å². The number of benzene rings is 1. The molecule has 1 aliphatic rings. The van der Waals surface area contributed by atoms with E-state index in [1.807, 2.05) is 43.3 Å². The molecule has 5 heteroatoms. The number of aliphatic hydroxyl groups excluding tert-OH is 1. The van der Waals surface area contributed by atoms with Crippen LogP contribution < -0.4 is 0 Å². The van der Waals surface area contributed by atoms with Crippen LogP contribution in [0.3, 0.4) is 0 Å². The molecule has 2 heterocycles. The highest BCUT2D eigenvalue weighted by atomic mass is 16.5. The van der Waals surface area contributed by atoms with Crippen molar-refractivity contribution in [2.45, 2.75) is 32.5 Å². The SMILES string of the molecule is CC(O)CN1CCN(Cc2cc(-c3ccccc3)no2)CC1C. The Labute approximate surface area is 137 Å². The zero-order valence-electron chi connectivity index (χ0n) is 13.9. The van der Waals surface area contributed by atoms with E-state index in [4.69, 9.17) is 4.52 Å². The molecular weight excluding hydrogens is 290 g/mol. The van der Waals surface area contributed by atoms with Crippen LogP contribution in [0.2, 0.25) is 0 Å². The molecule has 1 saturated heterocycles. The van der Waals surface area contributed by atoms with Crippen LogP contribution in [-0.4, -0.2) is 58.4 Å². The Kier molecular flexibility index (Phi) is 5.10. The van der Waals surface area contributed by atoms with Crippen molar-refractivity contribution >= 4 is 0 Å². The molecule has 1 fully saturated rings. The molecule has 0 radical (unpaired) electrons. The van der Waals surface area contributed by atoms with E-state index in [1.54, 1.807) is 0 Å². The second-order valence-electron chi connectivity index (χ2n) is 6.47. The summed E-state index contributed by atoms with van der Waals surface area (Å²) < 4.78 is 5.50. The topological polar surface area (TPSA) is 52.7 Å². The largest absolute Gasteiger partial charge is 0.392 e. The van der Waals surface area contributed by atoms with Gasteiger partial charge in [0.25, 0.3) is 0 Å². The van der Waals surface area contributed by atoms with E-state index in [0.717, 1.165) is 49.7 Å². The van der Waals surface area contributed by atoms with E-state index in [2.05, 4.69) is 21.9 Å². The highest BCUT2D eigenvalue weighted by Crippen LogP contribution is 2.20. The maximum absolute atomic E-state index is 9.56. The first-order chi connectivity index (χ1) is 11.1. The molecule has 0 spiro atoms. The predicted molar refractivity (Wildman–Crippen MR) is 89.9 cm³/mol. The van der Waals surface area contributed by atoms with Crippen molar-refractivity contribution in [1.29, 1.82) is 0 Å². The molecule has 2 unspecified atom stereocenters. The van der Waals surface area contributed by atoms with E-state index >= 15 is 0 Å². The number of aromatic nitrogens is 1. The fourth-order valence-corrected chi connectivity index (χ4v) is 3.18. The molecule has 0 amide bonds. The van der Waals surface area contributed by atoms with Gasteiger partial charge in [-0.2, -0.15) is 0 Å². The summed E-state index contributed by atoms with van der Waals surface area (Å²) in [5, 5.41) is 13.7. The maximum Gasteiger partial charge on any atom is 0.151 e. The summed E-state index contributed by atoms with van der Waals surface area (Å²) in [5.41, 5.74) is 1.97. The van der Waals surface area contributed by atoms with Gasteiger partial charge in [0.05, 0.1) is 12.6 Å². The van der Waals surface area contributed by atoms with E-state index in [0.29, 0.717) is 6.04 Å². The van der Waals surface area contributed by atoms with Crippen LogP contribution in [0.25, 0.3) is 11.3 Å². The average Bonchev–Trinajstić information content (AvgIpc) is 2.99. The third kappa shape index (κ3) is 4.19. The second-order valence-corrected chi connectivity index (χ2v) is 6.47. The van der Waals surface area contributed by atoms with Crippen molar-refractivity contribution in [3.05, 3.63) is 42.2 Å². The van der Waals surface area contributed by atoms with Crippen LogP contribution in [0, 0.1) is 0 Å². The third-order valence-electron chi connectivity index (χ3n) is 4.36. The molecular formula is C18H25N3O2. The first kappa shape index (κ1) is 16.2. The molecule has 23 heavy (non-hydrogen) atoms. The van der Waals surface area contributed by atoms with Crippen molar-refractivity contribution in [3.8, 4) is 11.3 Å². The molecule has 1 aliphatic heterocycles. The molecule has 0 bridgehead atoms. The fraction of sp³-hybridized carbons (Fsp3) is 0.500. The number of hydrogen-bond donors (Lipinski definition) is 1. The number of nitrogens with zero attached hydrogens (tertiary/aromatic N) is 3. The Bertz CT molecular complexity index is 612. The minimum atomic E-state index is -0.272. The lowest BCUT2D eigenvalue weighted by molar-refractivity contribution is 0.0392. The Morgan fingerprint density at radius 2 is 2.09 bits per heavy atom. The lowest BCUT2D eigenvalue weighted by Gasteiger charge is -2.40. The van der Waals surface area contributed by atoms with E-state index in [9.17, 15) is 5.11 Å². The number of β-amino-alcohol motifs (C(OH)–C–C–N with tert-alkyl or cyclic N) is 1. The summed E-state index contributed by atoms with van der Waals surface area (Å²) in [5.74, 6) is 0.903. The van der Waals surface area contributed by atoms with Crippen LogP contribution >= 0.6 is 0 Å². The van der Waals surface area contributed by atoms with Gasteiger partial charge in [-0.1, -0.05) is 35.5 Å². The van der Waals surface area contributed by atoms with Crippen LogP contribution in [0.5, 0.6) is 0 Å². The molecule has 1 aromatic heterocycles. The lowest BCUT2D eigenvalue weighted by Crippen LogP contribution is -2.53. The molecule has 3 rings (SSSR count). The van der Waals surface area contributed by atoms with Crippen molar-refractivity contribution in [2.24, 2.45) is 0 Å². The Balaban J connectivity index is 1.58. The van der Waals surface area contributed by atoms with Crippen molar-refractivity contribution < 1.29 is 9.63 Å². The van der Waals surface area contributed by atoms with Gasteiger partial charge >= 0.3 is 0 Å². The zero-order chi connectivity index (χ0) is 16.2. The summed E-state index contributed by atoms with van der Waals surface area (Å²) in [6.45, 7) is 8.53. The zero-order valence-corrected chi connectivity index (χ0v) is 13.9. The van der Waals surface area contributed by atoms with Gasteiger partial charge in [0.1, 0.15) is 5.69 Å². The number of piperazine rings is 1. The summed E-state index contributed by atoms with van der Waals surface area (Å²) in [6.07, 6.45) is -0.272. The second kappa shape index (κ2) is 7.25. The monoisotopic (exact) mass is 315 g/mol. The van der Waals surface area contributed by atoms with Crippen molar-refractivity contribution in [3.63, 3.8) is 0 Å². The van der Waals surface area contributed by atoms with Crippen LogP contribution in [0.4, 0.5) is 0 Å². The van der Waals surface area contributed by atoms with Gasteiger partial charge in [-0.15, -0.1) is 0 Å². The van der Waals surface area contributed by atoms with Gasteiger partial charge in [-0.3, -0.25) is 9.80 Å². The molecule has 2 atom stereocenters. The predicted octanol–water partition coefficient (Wildman–Crippen LogP) is 2.23. The molecule has 0 saturated carbocycles. The van der Waals surface area contributed by atoms with Crippen molar-refractivity contribution in [1.82, 2.24) is 15.0 Å². The summed E-state index contributed by atoms with van der Waals surface area (Å²) in [6, 6.07) is 12.6. The summed E-state index contributed by atoms with van der Waals surface area (Å²) in [4.78, 5) is 4.73. The molecule has 124 valence electrons. The Morgan fingerprint density at radius 1 is 1.30 bits per heavy atom. The fourth-order valence-electron chi connectivity index (χ4n) is 3.18. The summed E-state index contributed by atoms with van der Waals surface area (Å²) in [7, 11) is 0. The maximum atomic E-state index is 9.56. The van der Waals surface area contributed by atoms with Crippen LogP contribution in [0.15, 0.2) is 40.9 Å². The van der Waals surface area contributed by atoms with Gasteiger partial charge in [0.15, 0.2) is 5.76 Å². The normalized spacial score (nSPS) is 21.4. The molecule has 1 aromatic carbocycles. The third-order valence-corrected chi connectivity index (χ3v) is 4.36. The highest BCUT2D eigenvalue weighted by molar-refractivity contribution is 5.58. The van der Waals surface area contributed by atoms with E-state index < -0.39 is 0 Å². The first-order valence-electron chi connectivity index (χ1n) is 8.27. The van der Waals surface area contributed by atoms with E-state index in [-0.39, 0.29) is 6.10 Å². The lowest BCUT2D eigenvalue weighted by atomic mass is 10.1. The van der Waals surface area contributed by atoms with E-state index in [1.165, 1.54) is 0 Å². The van der Waals surface area contributed by atoms with Gasteiger partial charge in [0.2, 0.25) is 0 Å². The Hall–Kier alpha value is -1.69. The highest BCUT2D eigenvalue weighted by Gasteiger charge is 2.25. The van der Waals surface area contributed by atoms with Gasteiger partial charge in [-0.25, -0.2) is 0 Å². The standard InChI is InChI=1S/C18H25N3O2/c1-14-11-20(8-9-21(14)12-15(2)22)13-17-10-18(19-23-17)16-6-4-3-5-7-16/h3-7,10,14-15,22H,8-9,11-13H2,1-2H3. The number of rotatable bonds is 5. The smallest absolute Gasteiger partial charge is 0.151 e. The van der Waals surface area contributed by atoms with Crippen LogP contribution in [0.1, 0.15) is 19.6 Å². The molecule has 2 aromatic rings. The number of hydrogen-bond acceptors (Lipinski definition) is 5. The van der Waals surface area contributed by atoms with Gasteiger partial charge < -0.3 is 9.63 Å². The van der Waals surface area contributed by atoms with Crippen molar-refractivity contribution in [2.75, 3.05) is 26.2 Å². The summed E-state index contributed by atoms with van der Waals surface area (Å²) >= 11 is 0. The number of aliphatic hydroxyl groups is 1. The van der Waals surface area contributed by atoms with Crippen LogP contribution in [-0.2, 0) is 6.54 Å². The minimum absolute atomic E-state index is 0.272. The van der Waals surface area contributed by atoms with Gasteiger partial charge in [-0.05, 0) is 13.8 Å². The molecule has 0 aliphatic carbocycles.